The SMILES string of the molecule is COc1ccc([C@H](CCO)OC(N)=O)cc1. The van der Waals surface area contributed by atoms with Crippen LogP contribution in [0.2, 0.25) is 0 Å². The Morgan fingerprint density at radius 1 is 1.44 bits per heavy atom. The van der Waals surface area contributed by atoms with Gasteiger partial charge in [0.1, 0.15) is 11.9 Å². The molecule has 0 spiro atoms. The van der Waals surface area contributed by atoms with Crippen LogP contribution in [-0.2, 0) is 4.74 Å². The smallest absolute Gasteiger partial charge is 0.405 e. The zero-order chi connectivity index (χ0) is 12.0. The van der Waals surface area contributed by atoms with Crippen LogP contribution in [0.3, 0.4) is 0 Å². The number of carbonyl (C=O) groups is 1. The molecule has 0 fully saturated rings. The van der Waals surface area contributed by atoms with Crippen LogP contribution in [0.25, 0.3) is 0 Å². The second-order valence-corrected chi connectivity index (χ2v) is 3.21. The van der Waals surface area contributed by atoms with E-state index in [1.165, 1.54) is 0 Å². The van der Waals surface area contributed by atoms with E-state index in [1.807, 2.05) is 0 Å². The fraction of sp³-hybridized carbons (Fsp3) is 0.364. The van der Waals surface area contributed by atoms with Gasteiger partial charge in [0.15, 0.2) is 0 Å². The third-order valence-corrected chi connectivity index (χ3v) is 2.14. The maximum Gasteiger partial charge on any atom is 0.405 e. The molecule has 88 valence electrons. The van der Waals surface area contributed by atoms with Crippen molar-refractivity contribution in [2.45, 2.75) is 12.5 Å². The number of hydrogen-bond acceptors (Lipinski definition) is 4. The molecule has 0 saturated heterocycles. The Hall–Kier alpha value is -1.75. The van der Waals surface area contributed by atoms with Crippen molar-refractivity contribution in [2.24, 2.45) is 5.73 Å². The van der Waals surface area contributed by atoms with E-state index < -0.39 is 12.2 Å². The quantitative estimate of drug-likeness (QED) is 0.789. The molecule has 5 heteroatoms. The lowest BCUT2D eigenvalue weighted by molar-refractivity contribution is 0.0877. The number of ether oxygens (including phenoxy) is 2. The number of aliphatic hydroxyl groups is 1. The molecule has 0 saturated carbocycles. The summed E-state index contributed by atoms with van der Waals surface area (Å²) in [5, 5.41) is 8.85. The van der Waals surface area contributed by atoms with E-state index in [0.717, 1.165) is 5.56 Å². The zero-order valence-corrected chi connectivity index (χ0v) is 9.05. The standard InChI is InChI=1S/C11H15NO4/c1-15-9-4-2-8(3-5-9)10(6-7-13)16-11(12)14/h2-5,10,13H,6-7H2,1H3,(H2,12,14)/t10-/m0/s1. The molecule has 0 aromatic heterocycles. The summed E-state index contributed by atoms with van der Waals surface area (Å²) in [6.45, 7) is -0.0794. The normalized spacial score (nSPS) is 11.9. The second kappa shape index (κ2) is 5.97. The van der Waals surface area contributed by atoms with E-state index in [2.05, 4.69) is 0 Å². The number of amides is 1. The summed E-state index contributed by atoms with van der Waals surface area (Å²) in [5.74, 6) is 0.713. The summed E-state index contributed by atoms with van der Waals surface area (Å²) in [6, 6.07) is 7.04. The molecule has 1 atom stereocenters. The minimum Gasteiger partial charge on any atom is -0.497 e. The van der Waals surface area contributed by atoms with Crippen LogP contribution in [0, 0.1) is 0 Å². The molecule has 0 radical (unpaired) electrons. The first-order chi connectivity index (χ1) is 7.67. The van der Waals surface area contributed by atoms with Gasteiger partial charge in [-0.15, -0.1) is 0 Å². The summed E-state index contributed by atoms with van der Waals surface area (Å²) in [4.78, 5) is 10.7. The Kier molecular flexibility index (Phi) is 4.60. The highest BCUT2D eigenvalue weighted by atomic mass is 16.6. The van der Waals surface area contributed by atoms with E-state index in [1.54, 1.807) is 31.4 Å². The monoisotopic (exact) mass is 225 g/mol. The lowest BCUT2D eigenvalue weighted by Crippen LogP contribution is -2.18. The van der Waals surface area contributed by atoms with Crippen molar-refractivity contribution in [3.8, 4) is 5.75 Å². The molecule has 0 unspecified atom stereocenters. The molecule has 5 nitrogen and oxygen atoms in total. The van der Waals surface area contributed by atoms with Gasteiger partial charge in [-0.25, -0.2) is 4.79 Å². The number of hydrogen-bond donors (Lipinski definition) is 2. The molecule has 0 aliphatic heterocycles. The molecular weight excluding hydrogens is 210 g/mol. The van der Waals surface area contributed by atoms with Gasteiger partial charge in [0, 0.05) is 13.0 Å². The summed E-state index contributed by atoms with van der Waals surface area (Å²) < 4.78 is 9.90. The van der Waals surface area contributed by atoms with Crippen molar-refractivity contribution in [1.29, 1.82) is 0 Å². The fourth-order valence-corrected chi connectivity index (χ4v) is 1.37. The number of rotatable bonds is 5. The van der Waals surface area contributed by atoms with E-state index >= 15 is 0 Å². The molecule has 0 heterocycles. The van der Waals surface area contributed by atoms with Gasteiger partial charge in [-0.3, -0.25) is 0 Å². The predicted molar refractivity (Wildman–Crippen MR) is 58.1 cm³/mol. The minimum atomic E-state index is -0.853. The first-order valence-corrected chi connectivity index (χ1v) is 4.88. The predicted octanol–water partition coefficient (Wildman–Crippen LogP) is 1.21. The van der Waals surface area contributed by atoms with Gasteiger partial charge in [0.05, 0.1) is 7.11 Å². The Morgan fingerprint density at radius 3 is 2.50 bits per heavy atom. The van der Waals surface area contributed by atoms with E-state index in [-0.39, 0.29) is 6.61 Å². The number of primary amides is 1. The van der Waals surface area contributed by atoms with Gasteiger partial charge in [-0.1, -0.05) is 12.1 Å². The number of aliphatic hydroxyl groups excluding tert-OH is 1. The van der Waals surface area contributed by atoms with Crippen molar-refractivity contribution in [2.75, 3.05) is 13.7 Å². The molecule has 1 aromatic rings. The molecule has 16 heavy (non-hydrogen) atoms. The van der Waals surface area contributed by atoms with Crippen LogP contribution in [0.1, 0.15) is 18.1 Å². The minimum absolute atomic E-state index is 0.0794. The van der Waals surface area contributed by atoms with Gasteiger partial charge in [0.2, 0.25) is 0 Å². The van der Waals surface area contributed by atoms with Gasteiger partial charge >= 0.3 is 6.09 Å². The Balaban J connectivity index is 2.79. The third kappa shape index (κ3) is 3.43. The first kappa shape index (κ1) is 12.3. The molecule has 1 rings (SSSR count). The van der Waals surface area contributed by atoms with Crippen LogP contribution >= 0.6 is 0 Å². The van der Waals surface area contributed by atoms with Gasteiger partial charge in [0.25, 0.3) is 0 Å². The summed E-state index contributed by atoms with van der Waals surface area (Å²) in [5.41, 5.74) is 5.72. The van der Waals surface area contributed by atoms with Crippen molar-refractivity contribution in [1.82, 2.24) is 0 Å². The third-order valence-electron chi connectivity index (χ3n) is 2.14. The van der Waals surface area contributed by atoms with E-state index in [0.29, 0.717) is 12.2 Å². The number of nitrogens with two attached hydrogens (primary N) is 1. The van der Waals surface area contributed by atoms with E-state index in [4.69, 9.17) is 20.3 Å². The molecule has 0 bridgehead atoms. The first-order valence-electron chi connectivity index (χ1n) is 4.88. The van der Waals surface area contributed by atoms with Crippen molar-refractivity contribution in [3.63, 3.8) is 0 Å². The maximum atomic E-state index is 10.7. The Morgan fingerprint density at radius 2 is 2.06 bits per heavy atom. The van der Waals surface area contributed by atoms with Gasteiger partial charge in [-0.2, -0.15) is 0 Å². The second-order valence-electron chi connectivity index (χ2n) is 3.21. The zero-order valence-electron chi connectivity index (χ0n) is 9.05. The average Bonchev–Trinajstić information content (AvgIpc) is 2.28. The van der Waals surface area contributed by atoms with Gasteiger partial charge in [-0.05, 0) is 17.7 Å². The highest BCUT2D eigenvalue weighted by Gasteiger charge is 2.14. The van der Waals surface area contributed by atoms with E-state index in [9.17, 15) is 4.79 Å². The number of methoxy groups -OCH3 is 1. The van der Waals surface area contributed by atoms with Crippen LogP contribution < -0.4 is 10.5 Å². The molecule has 3 N–H and O–H groups in total. The van der Waals surface area contributed by atoms with Crippen molar-refractivity contribution >= 4 is 6.09 Å². The summed E-state index contributed by atoms with van der Waals surface area (Å²) in [6.07, 6.45) is -1.06. The lowest BCUT2D eigenvalue weighted by Gasteiger charge is -2.16. The molecule has 0 aliphatic carbocycles. The fourth-order valence-electron chi connectivity index (χ4n) is 1.37. The van der Waals surface area contributed by atoms with Crippen LogP contribution in [0.5, 0.6) is 5.75 Å². The molecule has 1 aromatic carbocycles. The average molecular weight is 225 g/mol. The molecule has 1 amide bonds. The maximum absolute atomic E-state index is 10.7. The summed E-state index contributed by atoms with van der Waals surface area (Å²) in [7, 11) is 1.57. The largest absolute Gasteiger partial charge is 0.497 e. The van der Waals surface area contributed by atoms with Crippen molar-refractivity contribution < 1.29 is 19.4 Å². The Bertz CT molecular complexity index is 336. The van der Waals surface area contributed by atoms with Crippen LogP contribution in [0.4, 0.5) is 4.79 Å². The highest BCUT2D eigenvalue weighted by molar-refractivity contribution is 5.65. The lowest BCUT2D eigenvalue weighted by atomic mass is 10.1. The topological polar surface area (TPSA) is 81.8 Å². The van der Waals surface area contributed by atoms with Gasteiger partial charge < -0.3 is 20.3 Å². The molecular formula is C11H15NO4. The van der Waals surface area contributed by atoms with Crippen LogP contribution in [0.15, 0.2) is 24.3 Å². The number of carbonyl (C=O) groups excluding carboxylic acids is 1. The Labute approximate surface area is 93.8 Å². The van der Waals surface area contributed by atoms with Crippen LogP contribution in [-0.4, -0.2) is 24.9 Å². The van der Waals surface area contributed by atoms with Crippen molar-refractivity contribution in [3.05, 3.63) is 29.8 Å². The number of benzene rings is 1. The summed E-state index contributed by atoms with van der Waals surface area (Å²) >= 11 is 0. The highest BCUT2D eigenvalue weighted by Crippen LogP contribution is 2.23. The molecule has 0 aliphatic rings.